The van der Waals surface area contributed by atoms with Gasteiger partial charge in [0.15, 0.2) is 5.82 Å². The van der Waals surface area contributed by atoms with Gasteiger partial charge in [0.2, 0.25) is 5.95 Å². The summed E-state index contributed by atoms with van der Waals surface area (Å²) in [7, 11) is 0. The fourth-order valence-corrected chi connectivity index (χ4v) is 3.30. The normalized spacial score (nSPS) is 20.7. The molecule has 1 aliphatic carbocycles. The maximum absolute atomic E-state index is 6.38. The molecule has 1 aliphatic heterocycles. The van der Waals surface area contributed by atoms with E-state index in [1.165, 1.54) is 12.8 Å². The zero-order valence-corrected chi connectivity index (χ0v) is 12.5. The molecule has 0 aromatic carbocycles. The van der Waals surface area contributed by atoms with E-state index in [4.69, 9.17) is 10.3 Å². The highest BCUT2D eigenvalue weighted by Gasteiger charge is 2.36. The van der Waals surface area contributed by atoms with Crippen molar-refractivity contribution in [2.45, 2.75) is 44.1 Å². The largest absolute Gasteiger partial charge is 0.341 e. The first-order valence-electron chi connectivity index (χ1n) is 7.96. The maximum Gasteiger partial charge on any atom is 0.276 e. The first-order chi connectivity index (χ1) is 10.7. The highest BCUT2D eigenvalue weighted by Crippen LogP contribution is 2.35. The molecule has 0 unspecified atom stereocenters. The van der Waals surface area contributed by atoms with Gasteiger partial charge in [-0.3, -0.25) is 0 Å². The summed E-state index contributed by atoms with van der Waals surface area (Å²) in [6.07, 6.45) is 8.18. The predicted octanol–water partition coefficient (Wildman–Crippen LogP) is 1.85. The molecular weight excluding hydrogens is 280 g/mol. The third-order valence-electron chi connectivity index (χ3n) is 4.62. The number of aromatic nitrogens is 4. The molecule has 7 heteroatoms. The number of hydrogen-bond donors (Lipinski definition) is 1. The number of anilines is 1. The maximum atomic E-state index is 6.38. The summed E-state index contributed by atoms with van der Waals surface area (Å²) in [6, 6.07) is 1.80. The number of nitrogens with zero attached hydrogens (tertiary/aromatic N) is 5. The van der Waals surface area contributed by atoms with E-state index in [1.807, 2.05) is 0 Å². The van der Waals surface area contributed by atoms with Gasteiger partial charge >= 0.3 is 0 Å². The topological polar surface area (TPSA) is 94.0 Å². The van der Waals surface area contributed by atoms with Crippen LogP contribution in [0, 0.1) is 0 Å². The summed E-state index contributed by atoms with van der Waals surface area (Å²) >= 11 is 0. The first kappa shape index (κ1) is 13.6. The Hall–Kier alpha value is -2.02. The lowest BCUT2D eigenvalue weighted by atomic mass is 9.99. The average Bonchev–Trinajstić information content (AvgIpc) is 3.29. The Balaban J connectivity index is 1.62. The molecule has 0 atom stereocenters. The summed E-state index contributed by atoms with van der Waals surface area (Å²) in [5.74, 6) is 1.76. The smallest absolute Gasteiger partial charge is 0.276 e. The fourth-order valence-electron chi connectivity index (χ4n) is 3.30. The molecule has 0 spiro atoms. The molecular formula is C15H20N6O. The van der Waals surface area contributed by atoms with Gasteiger partial charge in [0, 0.05) is 19.3 Å². The number of rotatable bonds is 3. The quantitative estimate of drug-likeness (QED) is 0.924. The molecule has 1 saturated heterocycles. The summed E-state index contributed by atoms with van der Waals surface area (Å²) < 4.78 is 5.40. The third-order valence-corrected chi connectivity index (χ3v) is 4.62. The van der Waals surface area contributed by atoms with Crippen LogP contribution in [0.15, 0.2) is 16.8 Å². The second kappa shape index (κ2) is 5.31. The fraction of sp³-hybridized carbons (Fsp3) is 0.600. The molecule has 4 rings (SSSR count). The van der Waals surface area contributed by atoms with Crippen molar-refractivity contribution < 1.29 is 4.52 Å². The summed E-state index contributed by atoms with van der Waals surface area (Å²) in [6.45, 7) is 2.01. The highest BCUT2D eigenvalue weighted by atomic mass is 16.5. The van der Waals surface area contributed by atoms with Gasteiger partial charge in [0.1, 0.15) is 5.69 Å². The molecule has 1 saturated carbocycles. The lowest BCUT2D eigenvalue weighted by Gasteiger charge is -2.17. The Bertz CT molecular complexity index is 658. The molecule has 3 heterocycles. The third kappa shape index (κ3) is 2.35. The number of hydrogen-bond acceptors (Lipinski definition) is 7. The molecule has 116 valence electrons. The minimum atomic E-state index is -0.438. The molecule has 2 fully saturated rings. The van der Waals surface area contributed by atoms with Gasteiger partial charge < -0.3 is 15.2 Å². The van der Waals surface area contributed by atoms with E-state index in [1.54, 1.807) is 12.3 Å². The second-order valence-corrected chi connectivity index (χ2v) is 6.22. The van der Waals surface area contributed by atoms with E-state index in [9.17, 15) is 0 Å². The second-order valence-electron chi connectivity index (χ2n) is 6.22. The van der Waals surface area contributed by atoms with Crippen LogP contribution in [0.3, 0.4) is 0 Å². The predicted molar refractivity (Wildman–Crippen MR) is 81.1 cm³/mol. The molecule has 2 N–H and O–H groups in total. The first-order valence-corrected chi connectivity index (χ1v) is 7.96. The van der Waals surface area contributed by atoms with Crippen LogP contribution in [0.4, 0.5) is 5.95 Å². The standard InChI is InChI=1S/C15H20N6O/c16-15(6-1-2-7-15)13-19-12(22-20-13)11-5-8-17-14(18-11)21-9-3-4-10-21/h5,8H,1-4,6-7,9-10,16H2. The zero-order valence-electron chi connectivity index (χ0n) is 12.5. The molecule has 2 aromatic rings. The summed E-state index contributed by atoms with van der Waals surface area (Å²) in [5.41, 5.74) is 6.60. The van der Waals surface area contributed by atoms with E-state index in [0.29, 0.717) is 17.4 Å². The molecule has 7 nitrogen and oxygen atoms in total. The van der Waals surface area contributed by atoms with E-state index < -0.39 is 5.54 Å². The van der Waals surface area contributed by atoms with Crippen molar-refractivity contribution in [3.63, 3.8) is 0 Å². The van der Waals surface area contributed by atoms with Crippen molar-refractivity contribution in [1.29, 1.82) is 0 Å². The van der Waals surface area contributed by atoms with Crippen LogP contribution in [0.1, 0.15) is 44.3 Å². The van der Waals surface area contributed by atoms with Gasteiger partial charge in [-0.15, -0.1) is 0 Å². The van der Waals surface area contributed by atoms with Crippen LogP contribution >= 0.6 is 0 Å². The highest BCUT2D eigenvalue weighted by molar-refractivity contribution is 5.49. The monoisotopic (exact) mass is 300 g/mol. The summed E-state index contributed by atoms with van der Waals surface area (Å²) in [4.78, 5) is 15.6. The average molecular weight is 300 g/mol. The van der Waals surface area contributed by atoms with Crippen LogP contribution in [0.2, 0.25) is 0 Å². The van der Waals surface area contributed by atoms with Crippen LogP contribution < -0.4 is 10.6 Å². The van der Waals surface area contributed by atoms with Gasteiger partial charge in [-0.25, -0.2) is 9.97 Å². The van der Waals surface area contributed by atoms with Crippen molar-refractivity contribution in [2.75, 3.05) is 18.0 Å². The van der Waals surface area contributed by atoms with E-state index in [-0.39, 0.29) is 0 Å². The minimum absolute atomic E-state index is 0.426. The molecule has 2 aromatic heterocycles. The van der Waals surface area contributed by atoms with Crippen molar-refractivity contribution in [3.8, 4) is 11.6 Å². The van der Waals surface area contributed by atoms with Crippen molar-refractivity contribution in [1.82, 2.24) is 20.1 Å². The van der Waals surface area contributed by atoms with Crippen molar-refractivity contribution in [3.05, 3.63) is 18.1 Å². The van der Waals surface area contributed by atoms with Gasteiger partial charge in [-0.1, -0.05) is 18.0 Å². The van der Waals surface area contributed by atoms with Crippen molar-refractivity contribution in [2.24, 2.45) is 5.73 Å². The van der Waals surface area contributed by atoms with Crippen LogP contribution in [-0.4, -0.2) is 33.2 Å². The summed E-state index contributed by atoms with van der Waals surface area (Å²) in [5, 5.41) is 4.09. The minimum Gasteiger partial charge on any atom is -0.341 e. The van der Waals surface area contributed by atoms with E-state index in [0.717, 1.165) is 44.7 Å². The van der Waals surface area contributed by atoms with Gasteiger partial charge in [-0.05, 0) is 31.7 Å². The van der Waals surface area contributed by atoms with Crippen molar-refractivity contribution >= 4 is 5.95 Å². The van der Waals surface area contributed by atoms with Gasteiger partial charge in [-0.2, -0.15) is 4.98 Å². The SMILES string of the molecule is NC1(c2noc(-c3ccnc(N4CCCC4)n3)n2)CCCC1. The molecule has 0 bridgehead atoms. The van der Waals surface area contributed by atoms with Gasteiger partial charge in [0.05, 0.1) is 5.54 Å². The van der Waals surface area contributed by atoms with Gasteiger partial charge in [0.25, 0.3) is 5.89 Å². The lowest BCUT2D eigenvalue weighted by Crippen LogP contribution is -2.34. The molecule has 2 aliphatic rings. The Kier molecular flexibility index (Phi) is 3.29. The molecule has 22 heavy (non-hydrogen) atoms. The van der Waals surface area contributed by atoms with E-state index in [2.05, 4.69) is 25.0 Å². The number of nitrogens with two attached hydrogens (primary N) is 1. The Morgan fingerprint density at radius 1 is 1.09 bits per heavy atom. The lowest BCUT2D eigenvalue weighted by molar-refractivity contribution is 0.372. The van der Waals surface area contributed by atoms with E-state index >= 15 is 0 Å². The Labute approximate surface area is 128 Å². The Morgan fingerprint density at radius 2 is 1.86 bits per heavy atom. The zero-order chi connectivity index (χ0) is 15.0. The Morgan fingerprint density at radius 3 is 2.64 bits per heavy atom. The molecule has 0 radical (unpaired) electrons. The van der Waals surface area contributed by atoms with Crippen LogP contribution in [0.5, 0.6) is 0 Å². The van der Waals surface area contributed by atoms with Crippen LogP contribution in [0.25, 0.3) is 11.6 Å². The molecule has 0 amide bonds. The van der Waals surface area contributed by atoms with Crippen LogP contribution in [-0.2, 0) is 5.54 Å².